The highest BCUT2D eigenvalue weighted by Gasteiger charge is 2.14. The van der Waals surface area contributed by atoms with Gasteiger partial charge in [0.25, 0.3) is 0 Å². The van der Waals surface area contributed by atoms with Crippen LogP contribution >= 0.6 is 23.1 Å². The molecule has 0 bridgehead atoms. The molecule has 0 radical (unpaired) electrons. The van der Waals surface area contributed by atoms with Crippen LogP contribution in [0.3, 0.4) is 0 Å². The zero-order valence-corrected chi connectivity index (χ0v) is 10.4. The third-order valence-corrected chi connectivity index (χ3v) is 3.74. The van der Waals surface area contributed by atoms with Crippen molar-refractivity contribution in [2.45, 2.75) is 29.4 Å². The number of anilines is 1. The number of H-pyrrole nitrogens is 1. The van der Waals surface area contributed by atoms with E-state index in [1.807, 2.05) is 13.8 Å². The molecule has 0 unspecified atom stereocenters. The molecule has 2 rings (SSSR count). The zero-order chi connectivity index (χ0) is 11.7. The van der Waals surface area contributed by atoms with Gasteiger partial charge in [-0.15, -0.1) is 5.10 Å². The van der Waals surface area contributed by atoms with E-state index in [4.69, 9.17) is 5.73 Å². The number of hydrogen-bond donors (Lipinski definition) is 2. The summed E-state index contributed by atoms with van der Waals surface area (Å²) in [7, 11) is 0. The molecular formula is C8H11N5OS2. The number of hydrogen-bond acceptors (Lipinski definition) is 6. The Morgan fingerprint density at radius 3 is 2.94 bits per heavy atom. The highest BCUT2D eigenvalue weighted by molar-refractivity contribution is 8.00. The number of nitrogens with one attached hydrogen (secondary N) is 1. The number of rotatable bonds is 3. The normalized spacial score (nSPS) is 11.2. The highest BCUT2D eigenvalue weighted by Crippen LogP contribution is 2.30. The average molecular weight is 257 g/mol. The van der Waals surface area contributed by atoms with Crippen LogP contribution in [-0.4, -0.2) is 19.7 Å². The fraction of sp³-hybridized carbons (Fsp3) is 0.375. The summed E-state index contributed by atoms with van der Waals surface area (Å²) in [6.45, 7) is 3.86. The molecule has 0 saturated carbocycles. The lowest BCUT2D eigenvalue weighted by atomic mass is 10.4. The summed E-state index contributed by atoms with van der Waals surface area (Å²) in [5.41, 5.74) is 5.37. The minimum Gasteiger partial charge on any atom is -0.389 e. The molecule has 6 nitrogen and oxygen atoms in total. The molecule has 16 heavy (non-hydrogen) atoms. The van der Waals surface area contributed by atoms with Gasteiger partial charge >= 0.3 is 5.69 Å². The molecule has 0 amide bonds. The van der Waals surface area contributed by atoms with Crippen molar-refractivity contribution in [1.82, 2.24) is 19.7 Å². The van der Waals surface area contributed by atoms with E-state index in [0.717, 1.165) is 4.34 Å². The molecule has 0 saturated heterocycles. The summed E-state index contributed by atoms with van der Waals surface area (Å²) >= 11 is 2.70. The fourth-order valence-corrected chi connectivity index (χ4v) is 3.05. The Morgan fingerprint density at radius 1 is 1.62 bits per heavy atom. The van der Waals surface area contributed by atoms with E-state index in [-0.39, 0.29) is 11.7 Å². The summed E-state index contributed by atoms with van der Waals surface area (Å²) in [5.74, 6) is 0. The lowest BCUT2D eigenvalue weighted by molar-refractivity contribution is 0.534. The van der Waals surface area contributed by atoms with Gasteiger partial charge in [0.2, 0.25) is 0 Å². The summed E-state index contributed by atoms with van der Waals surface area (Å²) in [4.78, 5) is 15.6. The van der Waals surface area contributed by atoms with Crippen LogP contribution in [0.2, 0.25) is 0 Å². The third kappa shape index (κ3) is 2.12. The Labute approximate surface area is 99.9 Å². The Balaban J connectivity index is 2.31. The van der Waals surface area contributed by atoms with Gasteiger partial charge < -0.3 is 5.73 Å². The van der Waals surface area contributed by atoms with Gasteiger partial charge in [-0.3, -0.25) is 4.57 Å². The van der Waals surface area contributed by atoms with Crippen molar-refractivity contribution < 1.29 is 0 Å². The number of nitrogens with two attached hydrogens (primary N) is 1. The van der Waals surface area contributed by atoms with E-state index in [1.54, 1.807) is 10.8 Å². The van der Waals surface area contributed by atoms with Crippen molar-refractivity contribution in [2.75, 3.05) is 5.73 Å². The van der Waals surface area contributed by atoms with E-state index >= 15 is 0 Å². The molecule has 0 aliphatic rings. The van der Waals surface area contributed by atoms with Crippen LogP contribution in [0.1, 0.15) is 19.9 Å². The SMILES string of the molecule is CC(C)n1c(Sc2ncc(N)s2)n[nH]c1=O. The molecule has 0 spiro atoms. The summed E-state index contributed by atoms with van der Waals surface area (Å²) in [6, 6.07) is 0.0612. The molecule has 0 atom stereocenters. The first kappa shape index (κ1) is 11.2. The molecule has 0 aromatic carbocycles. The van der Waals surface area contributed by atoms with Crippen molar-refractivity contribution in [2.24, 2.45) is 0 Å². The lowest BCUT2D eigenvalue weighted by Gasteiger charge is -2.06. The second-order valence-corrected chi connectivity index (χ2v) is 5.68. The van der Waals surface area contributed by atoms with Crippen molar-refractivity contribution >= 4 is 28.1 Å². The van der Waals surface area contributed by atoms with E-state index in [2.05, 4.69) is 15.2 Å². The predicted octanol–water partition coefficient (Wildman–Crippen LogP) is 1.34. The van der Waals surface area contributed by atoms with Crippen LogP contribution in [0, 0.1) is 0 Å². The first-order chi connectivity index (χ1) is 7.58. The van der Waals surface area contributed by atoms with Gasteiger partial charge in [0, 0.05) is 6.04 Å². The van der Waals surface area contributed by atoms with Crippen molar-refractivity contribution in [1.29, 1.82) is 0 Å². The van der Waals surface area contributed by atoms with Crippen LogP contribution in [-0.2, 0) is 0 Å². The monoisotopic (exact) mass is 257 g/mol. The quantitative estimate of drug-likeness (QED) is 0.866. The topological polar surface area (TPSA) is 89.6 Å². The van der Waals surface area contributed by atoms with Gasteiger partial charge in [-0.25, -0.2) is 14.9 Å². The second-order valence-electron chi connectivity index (χ2n) is 3.41. The Kier molecular flexibility index (Phi) is 3.01. The number of nitrogens with zero attached hydrogens (tertiary/aromatic N) is 3. The average Bonchev–Trinajstić information content (AvgIpc) is 2.74. The first-order valence-corrected chi connectivity index (χ1v) is 6.27. The van der Waals surface area contributed by atoms with Gasteiger partial charge in [-0.2, -0.15) is 0 Å². The predicted molar refractivity (Wildman–Crippen MR) is 63.9 cm³/mol. The van der Waals surface area contributed by atoms with Crippen molar-refractivity contribution in [3.8, 4) is 0 Å². The van der Waals surface area contributed by atoms with E-state index in [0.29, 0.717) is 10.2 Å². The maximum atomic E-state index is 11.5. The Morgan fingerprint density at radius 2 is 2.38 bits per heavy atom. The highest BCUT2D eigenvalue weighted by atomic mass is 32.2. The molecule has 0 fully saturated rings. The number of nitrogen functional groups attached to an aromatic ring is 1. The van der Waals surface area contributed by atoms with Crippen LogP contribution in [0.5, 0.6) is 0 Å². The number of aromatic nitrogens is 4. The van der Waals surface area contributed by atoms with Crippen LogP contribution in [0.25, 0.3) is 0 Å². The smallest absolute Gasteiger partial charge is 0.344 e. The molecule has 2 aromatic heterocycles. The summed E-state index contributed by atoms with van der Waals surface area (Å²) in [5, 5.41) is 7.64. The first-order valence-electron chi connectivity index (χ1n) is 4.64. The lowest BCUT2D eigenvalue weighted by Crippen LogP contribution is -2.19. The molecule has 8 heteroatoms. The van der Waals surface area contributed by atoms with Crippen molar-refractivity contribution in [3.05, 3.63) is 16.7 Å². The number of thiazole rings is 1. The summed E-state index contributed by atoms with van der Waals surface area (Å²) in [6.07, 6.45) is 1.59. The van der Waals surface area contributed by atoms with E-state index in [1.165, 1.54) is 23.1 Å². The minimum atomic E-state index is -0.206. The second kappa shape index (κ2) is 4.30. The Bertz CT molecular complexity index is 541. The Hall–Kier alpha value is -1.28. The molecule has 2 heterocycles. The molecular weight excluding hydrogens is 246 g/mol. The van der Waals surface area contributed by atoms with Gasteiger partial charge in [0.15, 0.2) is 9.50 Å². The largest absolute Gasteiger partial charge is 0.389 e. The van der Waals surface area contributed by atoms with E-state index < -0.39 is 0 Å². The standard InChI is InChI=1S/C8H11N5OS2/c1-4(2)13-6(14)11-12-7(13)16-8-10-3-5(9)15-8/h3-4H,9H2,1-2H3,(H,11,14). The number of aromatic amines is 1. The van der Waals surface area contributed by atoms with Crippen LogP contribution < -0.4 is 11.4 Å². The molecule has 3 N–H and O–H groups in total. The molecule has 2 aromatic rings. The van der Waals surface area contributed by atoms with Gasteiger partial charge in [0.1, 0.15) is 5.00 Å². The maximum Gasteiger partial charge on any atom is 0.344 e. The summed E-state index contributed by atoms with van der Waals surface area (Å²) < 4.78 is 2.36. The van der Waals surface area contributed by atoms with Gasteiger partial charge in [0.05, 0.1) is 6.20 Å². The maximum absolute atomic E-state index is 11.5. The van der Waals surface area contributed by atoms with Crippen molar-refractivity contribution in [3.63, 3.8) is 0 Å². The van der Waals surface area contributed by atoms with E-state index in [9.17, 15) is 4.79 Å². The fourth-order valence-electron chi connectivity index (χ4n) is 1.21. The van der Waals surface area contributed by atoms with Gasteiger partial charge in [-0.05, 0) is 25.6 Å². The minimum absolute atomic E-state index is 0.0612. The third-order valence-electron chi connectivity index (χ3n) is 1.87. The molecule has 0 aliphatic carbocycles. The van der Waals surface area contributed by atoms with Crippen LogP contribution in [0.4, 0.5) is 5.00 Å². The molecule has 86 valence electrons. The molecule has 0 aliphatic heterocycles. The zero-order valence-electron chi connectivity index (χ0n) is 8.80. The van der Waals surface area contributed by atoms with Gasteiger partial charge in [-0.1, -0.05) is 11.3 Å². The van der Waals surface area contributed by atoms with Crippen LogP contribution in [0.15, 0.2) is 20.5 Å².